The summed E-state index contributed by atoms with van der Waals surface area (Å²) in [6.07, 6.45) is 4.14. The van der Waals surface area contributed by atoms with E-state index in [1.54, 1.807) is 0 Å². The lowest BCUT2D eigenvalue weighted by molar-refractivity contribution is -0.00387. The second-order valence-electron chi connectivity index (χ2n) is 6.18. The van der Waals surface area contributed by atoms with Gasteiger partial charge in [-0.15, -0.1) is 0 Å². The maximum absolute atomic E-state index is 11.1. The molecule has 0 bridgehead atoms. The lowest BCUT2D eigenvalue weighted by Gasteiger charge is -2.41. The van der Waals surface area contributed by atoms with Crippen LogP contribution in [0.4, 0.5) is 0 Å². The molecule has 1 atom stereocenters. The van der Waals surface area contributed by atoms with Crippen LogP contribution >= 0.6 is 0 Å². The molecule has 0 radical (unpaired) electrons. The van der Waals surface area contributed by atoms with Gasteiger partial charge in [0.15, 0.2) is 0 Å². The molecule has 0 aliphatic heterocycles. The van der Waals surface area contributed by atoms with E-state index >= 15 is 0 Å². The van der Waals surface area contributed by atoms with Gasteiger partial charge in [0.2, 0.25) is 0 Å². The molecule has 1 aliphatic carbocycles. The number of hydrogen-bond acceptors (Lipinski definition) is 2. The molecular formula is C18H23NO. The smallest absolute Gasteiger partial charge is 0.0979 e. The number of rotatable bonds is 3. The Morgan fingerprint density at radius 2 is 1.65 bits per heavy atom. The Morgan fingerprint density at radius 1 is 1.00 bits per heavy atom. The average molecular weight is 269 g/mol. The van der Waals surface area contributed by atoms with E-state index in [2.05, 4.69) is 61.5 Å². The van der Waals surface area contributed by atoms with Crippen LogP contribution in [0.1, 0.15) is 37.4 Å². The zero-order valence-electron chi connectivity index (χ0n) is 12.3. The molecule has 106 valence electrons. The highest BCUT2D eigenvalue weighted by atomic mass is 16.3. The van der Waals surface area contributed by atoms with Crippen LogP contribution in [0.5, 0.6) is 0 Å². The van der Waals surface area contributed by atoms with Gasteiger partial charge in [-0.25, -0.2) is 0 Å². The summed E-state index contributed by atoms with van der Waals surface area (Å²) in [6, 6.07) is 14.6. The van der Waals surface area contributed by atoms with Crippen molar-refractivity contribution in [3.05, 3.63) is 48.0 Å². The molecule has 20 heavy (non-hydrogen) atoms. The van der Waals surface area contributed by atoms with Gasteiger partial charge in [-0.3, -0.25) is 0 Å². The maximum atomic E-state index is 11.1. The van der Waals surface area contributed by atoms with Gasteiger partial charge in [0.1, 0.15) is 0 Å². The summed E-state index contributed by atoms with van der Waals surface area (Å²) in [7, 11) is 4.19. The summed E-state index contributed by atoms with van der Waals surface area (Å²) >= 11 is 0. The fourth-order valence-corrected chi connectivity index (χ4v) is 3.73. The minimum absolute atomic E-state index is 0.107. The zero-order chi connectivity index (χ0) is 14.2. The quantitative estimate of drug-likeness (QED) is 0.917. The van der Waals surface area contributed by atoms with Crippen LogP contribution in [0.25, 0.3) is 10.8 Å². The van der Waals surface area contributed by atoms with Gasteiger partial charge in [-0.2, -0.15) is 0 Å². The Bertz CT molecular complexity index is 594. The van der Waals surface area contributed by atoms with E-state index in [0.29, 0.717) is 0 Å². The fraction of sp³-hybridized carbons (Fsp3) is 0.444. The van der Waals surface area contributed by atoms with Gasteiger partial charge in [0, 0.05) is 0 Å². The standard InChI is InChI=1S/C18H23NO/c1-19(2)18(12-5-6-13-18)17(20)16-11-7-9-14-8-3-4-10-15(14)16/h3-4,7-11,17,20H,5-6,12-13H2,1-2H3. The van der Waals surface area contributed by atoms with Crippen molar-refractivity contribution in [3.63, 3.8) is 0 Å². The largest absolute Gasteiger partial charge is 0.386 e. The molecule has 3 rings (SSSR count). The van der Waals surface area contributed by atoms with Crippen molar-refractivity contribution >= 4 is 10.8 Å². The van der Waals surface area contributed by atoms with E-state index in [4.69, 9.17) is 0 Å². The van der Waals surface area contributed by atoms with Crippen LogP contribution in [0, 0.1) is 0 Å². The number of aliphatic hydroxyl groups excluding tert-OH is 1. The van der Waals surface area contributed by atoms with Crippen LogP contribution in [0.3, 0.4) is 0 Å². The number of aliphatic hydroxyl groups is 1. The molecule has 1 aliphatic rings. The summed E-state index contributed by atoms with van der Waals surface area (Å²) in [5.74, 6) is 0. The SMILES string of the molecule is CN(C)C1(C(O)c2cccc3ccccc23)CCCC1. The summed E-state index contributed by atoms with van der Waals surface area (Å²) in [5, 5.41) is 13.5. The monoisotopic (exact) mass is 269 g/mol. The minimum Gasteiger partial charge on any atom is -0.386 e. The van der Waals surface area contributed by atoms with E-state index in [-0.39, 0.29) is 5.54 Å². The third-order valence-corrected chi connectivity index (χ3v) is 4.99. The van der Waals surface area contributed by atoms with E-state index in [9.17, 15) is 5.11 Å². The predicted octanol–water partition coefficient (Wildman–Crippen LogP) is 3.75. The number of nitrogens with zero attached hydrogens (tertiary/aromatic N) is 1. The van der Waals surface area contributed by atoms with E-state index in [0.717, 1.165) is 18.4 Å². The van der Waals surface area contributed by atoms with Crippen molar-refractivity contribution in [1.82, 2.24) is 4.90 Å². The second-order valence-corrected chi connectivity index (χ2v) is 6.18. The Labute approximate surface area is 121 Å². The Hall–Kier alpha value is -1.38. The third kappa shape index (κ3) is 2.04. The van der Waals surface area contributed by atoms with Crippen LogP contribution < -0.4 is 0 Å². The predicted molar refractivity (Wildman–Crippen MR) is 83.8 cm³/mol. The van der Waals surface area contributed by atoms with Crippen LogP contribution in [0.2, 0.25) is 0 Å². The minimum atomic E-state index is -0.425. The molecule has 2 nitrogen and oxygen atoms in total. The molecule has 1 N–H and O–H groups in total. The van der Waals surface area contributed by atoms with Crippen LogP contribution in [-0.2, 0) is 0 Å². The zero-order valence-corrected chi connectivity index (χ0v) is 12.3. The molecule has 2 aromatic rings. The highest BCUT2D eigenvalue weighted by molar-refractivity contribution is 5.86. The van der Waals surface area contributed by atoms with Crippen molar-refractivity contribution < 1.29 is 5.11 Å². The van der Waals surface area contributed by atoms with Crippen molar-refractivity contribution in [2.75, 3.05) is 14.1 Å². The summed E-state index contributed by atoms with van der Waals surface area (Å²) in [6.45, 7) is 0. The van der Waals surface area contributed by atoms with Crippen LogP contribution in [-0.4, -0.2) is 29.6 Å². The number of fused-ring (bicyclic) bond motifs is 1. The molecule has 0 heterocycles. The Morgan fingerprint density at radius 3 is 2.35 bits per heavy atom. The fourth-order valence-electron chi connectivity index (χ4n) is 3.73. The van der Waals surface area contributed by atoms with E-state index in [1.807, 2.05) is 0 Å². The van der Waals surface area contributed by atoms with Gasteiger partial charge < -0.3 is 10.0 Å². The maximum Gasteiger partial charge on any atom is 0.0979 e. The summed E-state index contributed by atoms with van der Waals surface area (Å²) in [5.41, 5.74) is 0.961. The molecule has 1 unspecified atom stereocenters. The average Bonchev–Trinajstić information content (AvgIpc) is 2.97. The molecule has 0 aromatic heterocycles. The normalized spacial score (nSPS) is 19.6. The van der Waals surface area contributed by atoms with Crippen molar-refractivity contribution in [3.8, 4) is 0 Å². The summed E-state index contributed by atoms with van der Waals surface area (Å²) < 4.78 is 0. The molecule has 1 fully saturated rings. The summed E-state index contributed by atoms with van der Waals surface area (Å²) in [4.78, 5) is 2.23. The first-order valence-corrected chi connectivity index (χ1v) is 7.48. The van der Waals surface area contributed by atoms with E-state index in [1.165, 1.54) is 23.6 Å². The molecular weight excluding hydrogens is 246 g/mol. The van der Waals surface area contributed by atoms with E-state index < -0.39 is 6.10 Å². The van der Waals surface area contributed by atoms with Gasteiger partial charge in [-0.05, 0) is 43.3 Å². The number of likely N-dealkylation sites (N-methyl/N-ethyl adjacent to an activating group) is 1. The van der Waals surface area contributed by atoms with Gasteiger partial charge in [0.05, 0.1) is 11.6 Å². The van der Waals surface area contributed by atoms with Crippen molar-refractivity contribution in [2.45, 2.75) is 37.3 Å². The van der Waals surface area contributed by atoms with Crippen LogP contribution in [0.15, 0.2) is 42.5 Å². The topological polar surface area (TPSA) is 23.5 Å². The molecule has 1 saturated carbocycles. The lowest BCUT2D eigenvalue weighted by Crippen LogP contribution is -2.47. The molecule has 0 saturated heterocycles. The molecule has 2 aromatic carbocycles. The molecule has 0 amide bonds. The number of benzene rings is 2. The first-order valence-electron chi connectivity index (χ1n) is 7.48. The lowest BCUT2D eigenvalue weighted by atomic mass is 9.83. The Balaban J connectivity index is 2.10. The first kappa shape index (κ1) is 13.6. The van der Waals surface area contributed by atoms with Gasteiger partial charge in [-0.1, -0.05) is 55.3 Å². The first-order chi connectivity index (χ1) is 9.65. The third-order valence-electron chi connectivity index (χ3n) is 4.99. The van der Waals surface area contributed by atoms with Gasteiger partial charge in [0.25, 0.3) is 0 Å². The Kier molecular flexibility index (Phi) is 3.53. The molecule has 0 spiro atoms. The second kappa shape index (κ2) is 5.19. The highest BCUT2D eigenvalue weighted by Gasteiger charge is 2.43. The van der Waals surface area contributed by atoms with Crippen molar-refractivity contribution in [2.24, 2.45) is 0 Å². The van der Waals surface area contributed by atoms with Gasteiger partial charge >= 0.3 is 0 Å². The highest BCUT2D eigenvalue weighted by Crippen LogP contribution is 2.44. The molecule has 2 heteroatoms. The van der Waals surface area contributed by atoms with Crippen molar-refractivity contribution in [1.29, 1.82) is 0 Å². The number of hydrogen-bond donors (Lipinski definition) is 1.